The van der Waals surface area contributed by atoms with Crippen molar-refractivity contribution in [1.82, 2.24) is 14.3 Å². The summed E-state index contributed by atoms with van der Waals surface area (Å²) in [6, 6.07) is 4.15. The zero-order chi connectivity index (χ0) is 14.9. The van der Waals surface area contributed by atoms with Crippen LogP contribution in [-0.2, 0) is 4.79 Å². The lowest BCUT2D eigenvalue weighted by Crippen LogP contribution is -2.18. The maximum Gasteiger partial charge on any atom is 0.135 e. The molecule has 0 spiro atoms. The smallest absolute Gasteiger partial charge is 0.135 e. The maximum absolute atomic E-state index is 10.5. The van der Waals surface area contributed by atoms with Gasteiger partial charge in [-0.15, -0.1) is 0 Å². The van der Waals surface area contributed by atoms with Crippen molar-refractivity contribution in [2.45, 2.75) is 33.7 Å². The predicted molar refractivity (Wildman–Crippen MR) is 75.5 cm³/mol. The van der Waals surface area contributed by atoms with Crippen molar-refractivity contribution in [3.63, 3.8) is 0 Å². The van der Waals surface area contributed by atoms with Crippen LogP contribution >= 0.6 is 0 Å². The van der Waals surface area contributed by atoms with Crippen LogP contribution in [0.15, 0.2) is 24.4 Å². The summed E-state index contributed by atoms with van der Waals surface area (Å²) in [7, 11) is 0. The summed E-state index contributed by atoms with van der Waals surface area (Å²) in [6.07, 6.45) is 4.38. The average Bonchev–Trinajstić information content (AvgIpc) is 2.92. The molecule has 2 heterocycles. The van der Waals surface area contributed by atoms with E-state index in [0.29, 0.717) is 0 Å². The fourth-order valence-corrected chi connectivity index (χ4v) is 2.35. The molecule has 0 aromatic carbocycles. The largest absolute Gasteiger partial charge is 0.545 e. The molecule has 0 unspecified atom stereocenters. The van der Waals surface area contributed by atoms with E-state index in [9.17, 15) is 9.90 Å². The molecule has 5 heteroatoms. The second-order valence-corrected chi connectivity index (χ2v) is 5.04. The molecule has 2 aromatic heterocycles. The van der Waals surface area contributed by atoms with Gasteiger partial charge in [-0.1, -0.05) is 6.08 Å². The third-order valence-electron chi connectivity index (χ3n) is 3.24. The highest BCUT2D eigenvalue weighted by molar-refractivity contribution is 5.84. The summed E-state index contributed by atoms with van der Waals surface area (Å²) in [5.74, 6) is -0.217. The van der Waals surface area contributed by atoms with Crippen LogP contribution in [0.1, 0.15) is 36.8 Å². The number of aliphatic carboxylic acids is 1. The first-order valence-corrected chi connectivity index (χ1v) is 6.53. The lowest BCUT2D eigenvalue weighted by molar-refractivity contribution is -0.297. The number of hydrogen-bond acceptors (Lipinski definition) is 3. The first-order valence-electron chi connectivity index (χ1n) is 6.53. The van der Waals surface area contributed by atoms with Gasteiger partial charge in [-0.2, -0.15) is 5.10 Å². The number of aryl methyl sites for hydroxylation is 1. The molecule has 0 saturated carbocycles. The molecule has 0 amide bonds. The van der Waals surface area contributed by atoms with E-state index in [4.69, 9.17) is 0 Å². The van der Waals surface area contributed by atoms with Crippen molar-refractivity contribution in [2.75, 3.05) is 0 Å². The van der Waals surface area contributed by atoms with Gasteiger partial charge in [0.15, 0.2) is 0 Å². The number of carbonyl (C=O) groups excluding carboxylic acids is 1. The summed E-state index contributed by atoms with van der Waals surface area (Å²) in [4.78, 5) is 10.5. The Morgan fingerprint density at radius 2 is 2.10 bits per heavy atom. The summed E-state index contributed by atoms with van der Waals surface area (Å²) in [5.41, 5.74) is 2.87. The third kappa shape index (κ3) is 2.52. The van der Waals surface area contributed by atoms with E-state index >= 15 is 0 Å². The zero-order valence-electron chi connectivity index (χ0n) is 12.1. The van der Waals surface area contributed by atoms with Gasteiger partial charge in [0.2, 0.25) is 0 Å². The molecule has 0 radical (unpaired) electrons. The molecule has 0 N–H and O–H groups in total. The Balaban J connectivity index is 2.53. The van der Waals surface area contributed by atoms with Gasteiger partial charge < -0.3 is 14.5 Å². The zero-order valence-corrected chi connectivity index (χ0v) is 12.1. The molecule has 0 atom stereocenters. The number of hydrogen-bond donors (Lipinski definition) is 0. The second-order valence-electron chi connectivity index (χ2n) is 5.04. The Labute approximate surface area is 118 Å². The van der Waals surface area contributed by atoms with Crippen LogP contribution in [0.2, 0.25) is 0 Å². The van der Waals surface area contributed by atoms with Crippen LogP contribution in [0.25, 0.3) is 11.9 Å². The van der Waals surface area contributed by atoms with Crippen molar-refractivity contribution >= 4 is 12.0 Å². The molecule has 2 rings (SSSR count). The highest BCUT2D eigenvalue weighted by Gasteiger charge is 2.14. The van der Waals surface area contributed by atoms with Gasteiger partial charge in [-0.25, -0.2) is 4.68 Å². The van der Waals surface area contributed by atoms with Gasteiger partial charge in [-0.05, 0) is 45.4 Å². The Kier molecular flexibility index (Phi) is 3.79. The molecule has 5 nitrogen and oxygen atoms in total. The van der Waals surface area contributed by atoms with Gasteiger partial charge in [0.25, 0.3) is 0 Å². The molecule has 0 aliphatic rings. The fourth-order valence-electron chi connectivity index (χ4n) is 2.35. The van der Waals surface area contributed by atoms with Crippen LogP contribution in [0.5, 0.6) is 0 Å². The van der Waals surface area contributed by atoms with Crippen molar-refractivity contribution in [2.24, 2.45) is 0 Å². The molecule has 106 valence electrons. The average molecular weight is 272 g/mol. The lowest BCUT2D eigenvalue weighted by Gasteiger charge is -2.15. The summed E-state index contributed by atoms with van der Waals surface area (Å²) >= 11 is 0. The molecule has 0 bridgehead atoms. The molecule has 0 fully saturated rings. The van der Waals surface area contributed by atoms with E-state index in [0.717, 1.165) is 28.8 Å². The minimum atomic E-state index is -1.19. The molecular weight excluding hydrogens is 254 g/mol. The van der Waals surface area contributed by atoms with Crippen molar-refractivity contribution in [3.8, 4) is 5.82 Å². The number of carboxylic acids is 1. The number of aromatic nitrogens is 3. The minimum absolute atomic E-state index is 0.253. The van der Waals surface area contributed by atoms with E-state index in [1.807, 2.05) is 30.7 Å². The molecular formula is C15H18N3O2-. The number of rotatable bonds is 4. The Morgan fingerprint density at radius 3 is 2.70 bits per heavy atom. The van der Waals surface area contributed by atoms with Gasteiger partial charge in [0.05, 0.1) is 12.2 Å². The SMILES string of the molecule is Cc1cc(/C=C/C(=O)[O-])c(C)n1-c1ccnn1C(C)C. The summed E-state index contributed by atoms with van der Waals surface area (Å²) in [6.45, 7) is 8.09. The fraction of sp³-hybridized carbons (Fsp3) is 0.333. The molecule has 0 saturated heterocycles. The van der Waals surface area contributed by atoms with Crippen LogP contribution in [-0.4, -0.2) is 20.3 Å². The van der Waals surface area contributed by atoms with E-state index in [1.54, 1.807) is 12.3 Å². The summed E-state index contributed by atoms with van der Waals surface area (Å²) in [5, 5.41) is 14.9. The van der Waals surface area contributed by atoms with Crippen LogP contribution in [0.4, 0.5) is 0 Å². The molecule has 0 aliphatic carbocycles. The normalized spacial score (nSPS) is 11.7. The van der Waals surface area contributed by atoms with Gasteiger partial charge >= 0.3 is 0 Å². The van der Waals surface area contributed by atoms with Crippen LogP contribution in [0, 0.1) is 13.8 Å². The van der Waals surface area contributed by atoms with Crippen molar-refractivity contribution in [3.05, 3.63) is 41.4 Å². The monoisotopic (exact) mass is 272 g/mol. The Morgan fingerprint density at radius 1 is 1.40 bits per heavy atom. The van der Waals surface area contributed by atoms with E-state index in [1.165, 1.54) is 0 Å². The van der Waals surface area contributed by atoms with E-state index < -0.39 is 5.97 Å². The highest BCUT2D eigenvalue weighted by Crippen LogP contribution is 2.23. The number of nitrogens with zero attached hydrogens (tertiary/aromatic N) is 3. The quantitative estimate of drug-likeness (QED) is 0.795. The highest BCUT2D eigenvalue weighted by atomic mass is 16.4. The number of carbonyl (C=O) groups is 1. The van der Waals surface area contributed by atoms with Crippen LogP contribution < -0.4 is 5.11 Å². The Bertz CT molecular complexity index is 663. The first-order chi connectivity index (χ1) is 9.41. The van der Waals surface area contributed by atoms with Gasteiger partial charge in [0, 0.05) is 23.5 Å². The molecule has 2 aromatic rings. The lowest BCUT2D eigenvalue weighted by atomic mass is 10.2. The molecule has 0 aliphatic heterocycles. The molecule has 20 heavy (non-hydrogen) atoms. The second kappa shape index (κ2) is 5.36. The Hall–Kier alpha value is -2.30. The standard InChI is InChI=1S/C15H19N3O2/c1-10(2)18-14(7-8-16-18)17-11(3)9-13(12(17)4)5-6-15(19)20/h5-10H,1-4H3,(H,19,20)/p-1/b6-5+. The van der Waals surface area contributed by atoms with Gasteiger partial charge in [-0.3, -0.25) is 0 Å². The number of carboxylic acid groups (broad SMARTS) is 1. The maximum atomic E-state index is 10.5. The minimum Gasteiger partial charge on any atom is -0.545 e. The third-order valence-corrected chi connectivity index (χ3v) is 3.24. The van der Waals surface area contributed by atoms with E-state index in [2.05, 4.69) is 23.5 Å². The first kappa shape index (κ1) is 14.1. The van der Waals surface area contributed by atoms with Crippen LogP contribution in [0.3, 0.4) is 0 Å². The predicted octanol–water partition coefficient (Wildman–Crippen LogP) is 1.63. The van der Waals surface area contributed by atoms with Crippen molar-refractivity contribution in [1.29, 1.82) is 0 Å². The van der Waals surface area contributed by atoms with Gasteiger partial charge in [0.1, 0.15) is 5.82 Å². The van der Waals surface area contributed by atoms with E-state index in [-0.39, 0.29) is 6.04 Å². The summed E-state index contributed by atoms with van der Waals surface area (Å²) < 4.78 is 4.01. The topological polar surface area (TPSA) is 62.9 Å². The van der Waals surface area contributed by atoms with Crippen molar-refractivity contribution < 1.29 is 9.90 Å².